The standard InChI is InChI=1S/C36H30ClN3O5S2/c1-2-19-44-27-17-15-24(16-18-27)32(41)30-31(25-12-8-13-28(20-25)45-21-23-9-4-3-5-10-23)40(34(43)33(30)42)35-38-39-36(47-35)46-22-26-11-6-7-14-29(26)37/h3-18,20,31,41H,2,19,21-22H2,1H3/b32-30+. The Morgan fingerprint density at radius 2 is 1.68 bits per heavy atom. The molecule has 1 aromatic heterocycles. The molecule has 1 saturated heterocycles. The molecule has 8 nitrogen and oxygen atoms in total. The lowest BCUT2D eigenvalue weighted by Gasteiger charge is -2.23. The Hall–Kier alpha value is -4.64. The molecule has 1 amide bonds. The summed E-state index contributed by atoms with van der Waals surface area (Å²) in [6, 6.07) is 30.2. The van der Waals surface area contributed by atoms with Gasteiger partial charge in [-0.05, 0) is 65.6 Å². The number of carbonyl (C=O) groups is 2. The van der Waals surface area contributed by atoms with Gasteiger partial charge in [0.1, 0.15) is 23.9 Å². The molecule has 0 aliphatic carbocycles. The van der Waals surface area contributed by atoms with Gasteiger partial charge in [-0.2, -0.15) is 0 Å². The van der Waals surface area contributed by atoms with Crippen LogP contribution in [0.25, 0.3) is 5.76 Å². The largest absolute Gasteiger partial charge is 0.507 e. The maximum atomic E-state index is 13.7. The maximum absolute atomic E-state index is 13.7. The molecule has 5 aromatic rings. The first-order valence-electron chi connectivity index (χ1n) is 14.9. The zero-order chi connectivity index (χ0) is 32.8. The Morgan fingerprint density at radius 1 is 0.915 bits per heavy atom. The van der Waals surface area contributed by atoms with Crippen LogP contribution in [0, 0.1) is 0 Å². The van der Waals surface area contributed by atoms with E-state index in [1.807, 2.05) is 67.6 Å². The highest BCUT2D eigenvalue weighted by molar-refractivity contribution is 8.00. The van der Waals surface area contributed by atoms with E-state index in [0.29, 0.717) is 51.0 Å². The van der Waals surface area contributed by atoms with Gasteiger partial charge < -0.3 is 14.6 Å². The van der Waals surface area contributed by atoms with E-state index in [1.54, 1.807) is 42.5 Å². The number of ketones is 1. The Morgan fingerprint density at radius 3 is 2.45 bits per heavy atom. The molecule has 1 aliphatic rings. The van der Waals surface area contributed by atoms with Gasteiger partial charge in [-0.25, -0.2) is 0 Å². The number of benzene rings is 4. The average molecular weight is 684 g/mol. The lowest BCUT2D eigenvalue weighted by Crippen LogP contribution is -2.29. The van der Waals surface area contributed by atoms with Crippen molar-refractivity contribution in [3.8, 4) is 11.5 Å². The van der Waals surface area contributed by atoms with E-state index in [9.17, 15) is 14.7 Å². The Balaban J connectivity index is 1.36. The quantitative estimate of drug-likeness (QED) is 0.0459. The van der Waals surface area contributed by atoms with Gasteiger partial charge in [-0.15, -0.1) is 10.2 Å². The number of rotatable bonds is 12. The number of hydrogen-bond acceptors (Lipinski definition) is 9. The molecular weight excluding hydrogens is 654 g/mol. The summed E-state index contributed by atoms with van der Waals surface area (Å²) in [7, 11) is 0. The molecule has 4 aromatic carbocycles. The van der Waals surface area contributed by atoms with E-state index >= 15 is 0 Å². The number of aliphatic hydroxyl groups excluding tert-OH is 1. The van der Waals surface area contributed by atoms with E-state index in [2.05, 4.69) is 10.2 Å². The lowest BCUT2D eigenvalue weighted by molar-refractivity contribution is -0.132. The third-order valence-electron chi connectivity index (χ3n) is 7.38. The van der Waals surface area contributed by atoms with Gasteiger partial charge in [0.15, 0.2) is 4.34 Å². The number of anilines is 1. The van der Waals surface area contributed by atoms with Gasteiger partial charge in [0.2, 0.25) is 5.13 Å². The number of nitrogens with zero attached hydrogens (tertiary/aromatic N) is 3. The number of thioether (sulfide) groups is 1. The fourth-order valence-corrected chi connectivity index (χ4v) is 7.21. The van der Waals surface area contributed by atoms with Crippen molar-refractivity contribution < 1.29 is 24.2 Å². The maximum Gasteiger partial charge on any atom is 0.301 e. The second-order valence-electron chi connectivity index (χ2n) is 10.6. The van der Waals surface area contributed by atoms with E-state index < -0.39 is 17.7 Å². The molecule has 238 valence electrons. The third kappa shape index (κ3) is 7.35. The first-order valence-corrected chi connectivity index (χ1v) is 17.1. The minimum Gasteiger partial charge on any atom is -0.507 e. The first kappa shape index (κ1) is 32.3. The molecule has 0 radical (unpaired) electrons. The highest BCUT2D eigenvalue weighted by Crippen LogP contribution is 2.45. The zero-order valence-electron chi connectivity index (χ0n) is 25.3. The fraction of sp³-hybridized carbons (Fsp3) is 0.167. The van der Waals surface area contributed by atoms with E-state index in [-0.39, 0.29) is 16.5 Å². The van der Waals surface area contributed by atoms with E-state index in [4.69, 9.17) is 21.1 Å². The van der Waals surface area contributed by atoms with Crippen LogP contribution in [0.5, 0.6) is 11.5 Å². The van der Waals surface area contributed by atoms with Crippen LogP contribution in [-0.4, -0.2) is 33.6 Å². The molecule has 1 atom stereocenters. The van der Waals surface area contributed by atoms with Crippen LogP contribution in [0.4, 0.5) is 5.13 Å². The zero-order valence-corrected chi connectivity index (χ0v) is 27.7. The summed E-state index contributed by atoms with van der Waals surface area (Å²) in [6.07, 6.45) is 0.852. The number of carbonyl (C=O) groups excluding carboxylic acids is 2. The predicted molar refractivity (Wildman–Crippen MR) is 185 cm³/mol. The molecule has 0 saturated carbocycles. The van der Waals surface area contributed by atoms with Crippen molar-refractivity contribution >= 4 is 57.3 Å². The van der Waals surface area contributed by atoms with Gasteiger partial charge in [-0.3, -0.25) is 14.5 Å². The summed E-state index contributed by atoms with van der Waals surface area (Å²) in [4.78, 5) is 28.8. The average Bonchev–Trinajstić information content (AvgIpc) is 3.68. The van der Waals surface area contributed by atoms with Crippen molar-refractivity contribution in [1.82, 2.24) is 10.2 Å². The fourth-order valence-electron chi connectivity index (χ4n) is 5.06. The number of aliphatic hydroxyl groups is 1. The molecule has 47 heavy (non-hydrogen) atoms. The molecule has 1 fully saturated rings. The van der Waals surface area contributed by atoms with Gasteiger partial charge in [0, 0.05) is 16.3 Å². The van der Waals surface area contributed by atoms with Crippen molar-refractivity contribution in [3.63, 3.8) is 0 Å². The smallest absolute Gasteiger partial charge is 0.301 e. The summed E-state index contributed by atoms with van der Waals surface area (Å²) >= 11 is 8.95. The molecule has 0 spiro atoms. The summed E-state index contributed by atoms with van der Waals surface area (Å²) in [5, 5.41) is 21.1. The topological polar surface area (TPSA) is 102 Å². The van der Waals surface area contributed by atoms with E-state index in [0.717, 1.165) is 17.5 Å². The molecule has 11 heteroatoms. The van der Waals surface area contributed by atoms with Gasteiger partial charge in [0.05, 0.1) is 18.2 Å². The number of amides is 1. The SMILES string of the molecule is CCCOc1ccc(/C(O)=C2\C(=O)C(=O)N(c3nnc(SCc4ccccc4Cl)s3)C2c2cccc(OCc3ccccc3)c2)cc1. The monoisotopic (exact) mass is 683 g/mol. The predicted octanol–water partition coefficient (Wildman–Crippen LogP) is 8.48. The van der Waals surface area contributed by atoms with Crippen molar-refractivity contribution in [2.45, 2.75) is 36.1 Å². The minimum absolute atomic E-state index is 0.0575. The lowest BCUT2D eigenvalue weighted by atomic mass is 9.95. The number of aromatic nitrogens is 2. The molecule has 2 heterocycles. The molecule has 6 rings (SSSR count). The highest BCUT2D eigenvalue weighted by atomic mass is 35.5. The van der Waals surface area contributed by atoms with Crippen molar-refractivity contribution in [2.75, 3.05) is 11.5 Å². The second kappa shape index (κ2) is 14.8. The van der Waals surface area contributed by atoms with Crippen LogP contribution in [0.3, 0.4) is 0 Å². The number of hydrogen-bond donors (Lipinski definition) is 1. The van der Waals surface area contributed by atoms with Crippen LogP contribution in [0.15, 0.2) is 113 Å². The van der Waals surface area contributed by atoms with Crippen LogP contribution in [0.1, 0.15) is 41.6 Å². The Bertz CT molecular complexity index is 1910. The normalized spacial score (nSPS) is 15.6. The molecular formula is C36H30ClN3O5S2. The molecule has 1 unspecified atom stereocenters. The van der Waals surface area contributed by atoms with Gasteiger partial charge in [-0.1, -0.05) is 102 Å². The van der Waals surface area contributed by atoms with Crippen molar-refractivity contribution in [1.29, 1.82) is 0 Å². The van der Waals surface area contributed by atoms with Gasteiger partial charge in [0.25, 0.3) is 5.78 Å². The molecule has 0 bridgehead atoms. The molecule has 1 aliphatic heterocycles. The Kier molecular flexibility index (Phi) is 10.2. The third-order valence-corrected chi connectivity index (χ3v) is 9.85. The summed E-state index contributed by atoms with van der Waals surface area (Å²) in [5.41, 5.74) is 2.82. The van der Waals surface area contributed by atoms with Crippen LogP contribution in [0.2, 0.25) is 5.02 Å². The van der Waals surface area contributed by atoms with Crippen LogP contribution in [-0.2, 0) is 21.9 Å². The van der Waals surface area contributed by atoms with Crippen molar-refractivity contribution in [3.05, 3.63) is 136 Å². The molecule has 1 N–H and O–H groups in total. The minimum atomic E-state index is -0.985. The van der Waals surface area contributed by atoms with Gasteiger partial charge >= 0.3 is 5.91 Å². The van der Waals surface area contributed by atoms with E-state index in [1.165, 1.54) is 28.0 Å². The number of Topliss-reactive ketones (excluding diaryl/α,β-unsaturated/α-hetero) is 1. The van der Waals surface area contributed by atoms with Crippen molar-refractivity contribution in [2.24, 2.45) is 0 Å². The highest BCUT2D eigenvalue weighted by Gasteiger charge is 2.48. The number of ether oxygens (including phenoxy) is 2. The Labute approximate surface area is 285 Å². The van der Waals surface area contributed by atoms with Crippen LogP contribution < -0.4 is 14.4 Å². The number of halogens is 1. The summed E-state index contributed by atoms with van der Waals surface area (Å²) in [5.74, 6) is -0.202. The second-order valence-corrected chi connectivity index (χ2v) is 13.2. The summed E-state index contributed by atoms with van der Waals surface area (Å²) in [6.45, 7) is 2.90. The summed E-state index contributed by atoms with van der Waals surface area (Å²) < 4.78 is 12.4. The van der Waals surface area contributed by atoms with Crippen LogP contribution >= 0.6 is 34.7 Å². The first-order chi connectivity index (χ1) is 22.9.